The molecule has 2 atom stereocenters. The van der Waals surface area contributed by atoms with Crippen molar-refractivity contribution in [1.82, 2.24) is 15.1 Å². The molecule has 0 saturated carbocycles. The van der Waals surface area contributed by atoms with Gasteiger partial charge in [0.25, 0.3) is 0 Å². The number of hydrogen-bond acceptors (Lipinski definition) is 4. The van der Waals surface area contributed by atoms with E-state index in [2.05, 4.69) is 10.2 Å². The van der Waals surface area contributed by atoms with Gasteiger partial charge in [0.05, 0.1) is 0 Å². The number of halogens is 1. The Hall–Kier alpha value is -2.93. The minimum absolute atomic E-state index is 0.0799. The molecule has 2 saturated heterocycles. The molecule has 0 radical (unpaired) electrons. The maximum absolute atomic E-state index is 13.8. The molecule has 2 amide bonds. The molecule has 4 rings (SSSR count). The van der Waals surface area contributed by atoms with Crippen LogP contribution in [0.2, 0.25) is 0 Å². The van der Waals surface area contributed by atoms with E-state index >= 15 is 0 Å². The number of phenols is 1. The third kappa shape index (κ3) is 4.10. The van der Waals surface area contributed by atoms with Crippen LogP contribution in [0.4, 0.5) is 4.39 Å². The first-order valence-corrected chi connectivity index (χ1v) is 9.77. The van der Waals surface area contributed by atoms with E-state index in [1.54, 1.807) is 42.2 Å². The Morgan fingerprint density at radius 3 is 2.55 bits per heavy atom. The number of amides is 2. The van der Waals surface area contributed by atoms with Gasteiger partial charge in [0.1, 0.15) is 23.7 Å². The molecule has 2 fully saturated rings. The Balaban J connectivity index is 1.41. The lowest BCUT2D eigenvalue weighted by molar-refractivity contribution is -0.153. The minimum Gasteiger partial charge on any atom is -0.508 e. The molecular weight excluding hydrogens is 373 g/mol. The van der Waals surface area contributed by atoms with Gasteiger partial charge in [-0.2, -0.15) is 0 Å². The van der Waals surface area contributed by atoms with E-state index in [0.717, 1.165) is 11.1 Å². The zero-order chi connectivity index (χ0) is 20.5. The average molecular weight is 397 g/mol. The van der Waals surface area contributed by atoms with E-state index in [1.807, 2.05) is 6.07 Å². The lowest BCUT2D eigenvalue weighted by Crippen LogP contribution is -2.69. The van der Waals surface area contributed by atoms with Crippen molar-refractivity contribution >= 4 is 11.8 Å². The summed E-state index contributed by atoms with van der Waals surface area (Å²) in [5.74, 6) is -0.307. The number of rotatable bonds is 4. The number of fused-ring (bicyclic) bond motifs is 1. The summed E-state index contributed by atoms with van der Waals surface area (Å²) in [6, 6.07) is 10.7. The molecule has 29 heavy (non-hydrogen) atoms. The fourth-order valence-electron chi connectivity index (χ4n) is 4.00. The Morgan fingerprint density at radius 1 is 1.10 bits per heavy atom. The second kappa shape index (κ2) is 7.83. The molecule has 2 heterocycles. The second-order valence-corrected chi connectivity index (χ2v) is 7.80. The zero-order valence-corrected chi connectivity index (χ0v) is 16.3. The van der Waals surface area contributed by atoms with Crippen molar-refractivity contribution in [3.8, 4) is 5.75 Å². The number of nitrogens with zero attached hydrogens (tertiary/aromatic N) is 2. The molecule has 0 aliphatic carbocycles. The minimum atomic E-state index is -0.596. The lowest BCUT2D eigenvalue weighted by Gasteiger charge is -2.45. The van der Waals surface area contributed by atoms with Gasteiger partial charge in [-0.05, 0) is 41.8 Å². The number of aryl methyl sites for hydroxylation is 1. The number of carbonyl (C=O) groups excluding carboxylic acids is 2. The highest BCUT2D eigenvalue weighted by atomic mass is 19.1. The van der Waals surface area contributed by atoms with E-state index in [-0.39, 0.29) is 23.4 Å². The van der Waals surface area contributed by atoms with Gasteiger partial charge in [-0.15, -0.1) is 0 Å². The zero-order valence-electron chi connectivity index (χ0n) is 16.3. The van der Waals surface area contributed by atoms with Crippen LogP contribution in [0.1, 0.15) is 16.7 Å². The van der Waals surface area contributed by atoms with Crippen molar-refractivity contribution in [2.24, 2.45) is 0 Å². The molecule has 7 heteroatoms. The van der Waals surface area contributed by atoms with Crippen LogP contribution < -0.4 is 5.32 Å². The smallest absolute Gasteiger partial charge is 0.246 e. The van der Waals surface area contributed by atoms with E-state index in [0.29, 0.717) is 38.2 Å². The maximum atomic E-state index is 13.8. The average Bonchev–Trinajstić information content (AvgIpc) is 2.70. The first kappa shape index (κ1) is 19.4. The van der Waals surface area contributed by atoms with Crippen molar-refractivity contribution in [3.05, 3.63) is 65.0 Å². The normalized spacial score (nSPS) is 22.3. The Kier molecular flexibility index (Phi) is 5.24. The molecule has 0 unspecified atom stereocenters. The quantitative estimate of drug-likeness (QED) is 0.822. The number of nitrogens with one attached hydrogen (secondary N) is 1. The van der Waals surface area contributed by atoms with Crippen molar-refractivity contribution in [2.75, 3.05) is 19.6 Å². The van der Waals surface area contributed by atoms with Crippen molar-refractivity contribution in [1.29, 1.82) is 0 Å². The molecule has 2 aromatic rings. The predicted molar refractivity (Wildman–Crippen MR) is 106 cm³/mol. The van der Waals surface area contributed by atoms with E-state index in [4.69, 9.17) is 0 Å². The summed E-state index contributed by atoms with van der Waals surface area (Å²) in [4.78, 5) is 29.4. The number of hydrogen-bond donors (Lipinski definition) is 2. The molecule has 0 aromatic heterocycles. The first-order valence-electron chi connectivity index (χ1n) is 9.77. The Bertz CT molecular complexity index is 931. The molecule has 0 spiro atoms. The summed E-state index contributed by atoms with van der Waals surface area (Å²) < 4.78 is 13.8. The summed E-state index contributed by atoms with van der Waals surface area (Å²) in [5.41, 5.74) is 2.34. The Morgan fingerprint density at radius 2 is 1.83 bits per heavy atom. The van der Waals surface area contributed by atoms with Crippen LogP contribution >= 0.6 is 0 Å². The SMILES string of the molecule is Cc1ccc(CN2CCN3C(=O)[C@H](Cc4ccc(O)cc4)NC(=O)[C@H]3C2)cc1F. The van der Waals surface area contributed by atoms with Crippen LogP contribution in [0.15, 0.2) is 42.5 Å². The number of piperazine rings is 2. The van der Waals surface area contributed by atoms with Gasteiger partial charge in [-0.25, -0.2) is 4.39 Å². The largest absolute Gasteiger partial charge is 0.508 e. The van der Waals surface area contributed by atoms with Crippen LogP contribution in [-0.4, -0.2) is 58.4 Å². The van der Waals surface area contributed by atoms with Gasteiger partial charge in [0, 0.05) is 32.6 Å². The van der Waals surface area contributed by atoms with E-state index in [9.17, 15) is 19.1 Å². The summed E-state index contributed by atoms with van der Waals surface area (Å²) in [6.07, 6.45) is 0.389. The van der Waals surface area contributed by atoms with Gasteiger partial charge in [-0.3, -0.25) is 14.5 Å². The van der Waals surface area contributed by atoms with Gasteiger partial charge in [0.15, 0.2) is 0 Å². The number of aromatic hydroxyl groups is 1. The summed E-state index contributed by atoms with van der Waals surface area (Å²) >= 11 is 0. The molecule has 2 aromatic carbocycles. The highest BCUT2D eigenvalue weighted by Gasteiger charge is 2.43. The van der Waals surface area contributed by atoms with Gasteiger partial charge in [-0.1, -0.05) is 24.3 Å². The summed E-state index contributed by atoms with van der Waals surface area (Å²) in [6.45, 7) is 3.80. The molecule has 152 valence electrons. The molecular formula is C22H24FN3O3. The third-order valence-electron chi connectivity index (χ3n) is 5.68. The second-order valence-electron chi connectivity index (χ2n) is 7.80. The van der Waals surface area contributed by atoms with E-state index < -0.39 is 12.1 Å². The number of benzene rings is 2. The summed E-state index contributed by atoms with van der Waals surface area (Å²) in [7, 11) is 0. The summed E-state index contributed by atoms with van der Waals surface area (Å²) in [5, 5.41) is 12.2. The standard InChI is InChI=1S/C22H24FN3O3/c1-14-2-3-16(10-18(14)23)12-25-8-9-26-20(13-25)21(28)24-19(22(26)29)11-15-4-6-17(27)7-5-15/h2-7,10,19-20,27H,8-9,11-13H2,1H3,(H,24,28)/t19-,20+/m0/s1. The van der Waals surface area contributed by atoms with Crippen molar-refractivity contribution in [2.45, 2.75) is 32.0 Å². The van der Waals surface area contributed by atoms with Gasteiger partial charge in [0.2, 0.25) is 11.8 Å². The van der Waals surface area contributed by atoms with Gasteiger partial charge >= 0.3 is 0 Å². The van der Waals surface area contributed by atoms with Crippen LogP contribution in [0, 0.1) is 12.7 Å². The molecule has 2 aliphatic heterocycles. The third-order valence-corrected chi connectivity index (χ3v) is 5.68. The number of phenolic OH excluding ortho intramolecular Hbond substituents is 1. The highest BCUT2D eigenvalue weighted by molar-refractivity contribution is 5.97. The fourth-order valence-corrected chi connectivity index (χ4v) is 4.00. The van der Waals surface area contributed by atoms with Crippen LogP contribution in [-0.2, 0) is 22.6 Å². The first-order chi connectivity index (χ1) is 13.9. The Labute approximate surface area is 168 Å². The molecule has 2 N–H and O–H groups in total. The highest BCUT2D eigenvalue weighted by Crippen LogP contribution is 2.21. The number of carbonyl (C=O) groups is 2. The topological polar surface area (TPSA) is 72.9 Å². The van der Waals surface area contributed by atoms with Crippen LogP contribution in [0.5, 0.6) is 5.75 Å². The van der Waals surface area contributed by atoms with E-state index in [1.165, 1.54) is 6.07 Å². The maximum Gasteiger partial charge on any atom is 0.246 e. The monoisotopic (exact) mass is 397 g/mol. The molecule has 2 aliphatic rings. The van der Waals surface area contributed by atoms with Crippen molar-refractivity contribution < 1.29 is 19.1 Å². The van der Waals surface area contributed by atoms with Crippen LogP contribution in [0.3, 0.4) is 0 Å². The predicted octanol–water partition coefficient (Wildman–Crippen LogP) is 1.59. The van der Waals surface area contributed by atoms with Crippen molar-refractivity contribution in [3.63, 3.8) is 0 Å². The van der Waals surface area contributed by atoms with Crippen LogP contribution in [0.25, 0.3) is 0 Å². The molecule has 0 bridgehead atoms. The fraction of sp³-hybridized carbons (Fsp3) is 0.364. The lowest BCUT2D eigenvalue weighted by atomic mass is 9.98. The molecule has 6 nitrogen and oxygen atoms in total. The van der Waals surface area contributed by atoms with Gasteiger partial charge < -0.3 is 15.3 Å².